The van der Waals surface area contributed by atoms with Crippen molar-refractivity contribution in [3.8, 4) is 11.3 Å². The van der Waals surface area contributed by atoms with E-state index in [4.69, 9.17) is 4.52 Å². The fourth-order valence-electron chi connectivity index (χ4n) is 2.76. The van der Waals surface area contributed by atoms with Crippen LogP contribution in [0.2, 0.25) is 0 Å². The molecule has 21 heavy (non-hydrogen) atoms. The summed E-state index contributed by atoms with van der Waals surface area (Å²) in [4.78, 5) is 14.6. The molecular weight excluding hydrogens is 264 g/mol. The number of hydrogen-bond donors (Lipinski definition) is 0. The molecule has 0 saturated heterocycles. The Morgan fingerprint density at radius 3 is 2.48 bits per heavy atom. The maximum Gasteiger partial charge on any atom is 0.234 e. The highest BCUT2D eigenvalue weighted by Gasteiger charge is 2.55. The van der Waals surface area contributed by atoms with Crippen molar-refractivity contribution in [2.75, 3.05) is 13.1 Å². The van der Waals surface area contributed by atoms with E-state index in [1.54, 1.807) is 0 Å². The Kier molecular flexibility index (Phi) is 3.53. The molecule has 110 valence electrons. The van der Waals surface area contributed by atoms with Gasteiger partial charge >= 0.3 is 0 Å². The van der Waals surface area contributed by atoms with E-state index in [0.29, 0.717) is 0 Å². The molecule has 1 amide bonds. The molecule has 2 aromatic rings. The molecule has 4 heteroatoms. The molecule has 1 aliphatic carbocycles. The fraction of sp³-hybridized carbons (Fsp3) is 0.412. The first-order chi connectivity index (χ1) is 10.2. The summed E-state index contributed by atoms with van der Waals surface area (Å²) in [5.74, 6) is 0.907. The van der Waals surface area contributed by atoms with Gasteiger partial charge in [0.15, 0.2) is 5.76 Å². The van der Waals surface area contributed by atoms with E-state index < -0.39 is 5.41 Å². The lowest BCUT2D eigenvalue weighted by molar-refractivity contribution is -0.133. The smallest absolute Gasteiger partial charge is 0.234 e. The average Bonchev–Trinajstić information content (AvgIpc) is 3.19. The van der Waals surface area contributed by atoms with Gasteiger partial charge in [-0.15, -0.1) is 0 Å². The summed E-state index contributed by atoms with van der Waals surface area (Å²) in [5.41, 5.74) is 1.32. The zero-order valence-corrected chi connectivity index (χ0v) is 12.5. The summed E-state index contributed by atoms with van der Waals surface area (Å²) in [5, 5.41) is 4.18. The van der Waals surface area contributed by atoms with Crippen LogP contribution in [0, 0.1) is 0 Å². The second kappa shape index (κ2) is 5.35. The SMILES string of the molecule is CCN(CC)C(=O)C1(c2cc(-c3ccccc3)on2)CC1. The molecule has 4 nitrogen and oxygen atoms in total. The van der Waals surface area contributed by atoms with Gasteiger partial charge in [0.2, 0.25) is 5.91 Å². The minimum Gasteiger partial charge on any atom is -0.356 e. The van der Waals surface area contributed by atoms with Crippen LogP contribution in [0.25, 0.3) is 11.3 Å². The number of nitrogens with zero attached hydrogens (tertiary/aromatic N) is 2. The van der Waals surface area contributed by atoms with E-state index in [0.717, 1.165) is 42.9 Å². The van der Waals surface area contributed by atoms with Crippen LogP contribution in [0.4, 0.5) is 0 Å². The first-order valence-electron chi connectivity index (χ1n) is 7.53. The Balaban J connectivity index is 1.88. The van der Waals surface area contributed by atoms with Crippen LogP contribution < -0.4 is 0 Å². The van der Waals surface area contributed by atoms with Crippen molar-refractivity contribution in [1.29, 1.82) is 0 Å². The highest BCUT2D eigenvalue weighted by Crippen LogP contribution is 2.49. The van der Waals surface area contributed by atoms with Crippen molar-refractivity contribution in [1.82, 2.24) is 10.1 Å². The molecule has 1 aromatic heterocycles. The zero-order valence-electron chi connectivity index (χ0n) is 12.5. The summed E-state index contributed by atoms with van der Waals surface area (Å²) in [6, 6.07) is 11.8. The molecule has 1 aliphatic rings. The maximum atomic E-state index is 12.7. The van der Waals surface area contributed by atoms with Gasteiger partial charge in [0, 0.05) is 24.7 Å². The Labute approximate surface area is 124 Å². The molecule has 1 saturated carbocycles. The predicted octanol–water partition coefficient (Wildman–Crippen LogP) is 3.24. The molecule has 0 spiro atoms. The standard InChI is InChI=1S/C17H20N2O2/c1-3-19(4-2)16(20)17(10-11-17)15-12-14(21-18-15)13-8-6-5-7-9-13/h5-9,12H,3-4,10-11H2,1-2H3. The lowest BCUT2D eigenvalue weighted by atomic mass is 9.99. The van der Waals surface area contributed by atoms with E-state index in [9.17, 15) is 4.79 Å². The van der Waals surface area contributed by atoms with Crippen molar-refractivity contribution in [2.24, 2.45) is 0 Å². The van der Waals surface area contributed by atoms with Crippen LogP contribution in [0.5, 0.6) is 0 Å². The van der Waals surface area contributed by atoms with E-state index >= 15 is 0 Å². The minimum absolute atomic E-state index is 0.181. The number of rotatable bonds is 5. The summed E-state index contributed by atoms with van der Waals surface area (Å²) in [6.45, 7) is 5.49. The second-order valence-corrected chi connectivity index (χ2v) is 5.50. The topological polar surface area (TPSA) is 46.3 Å². The van der Waals surface area contributed by atoms with E-state index in [-0.39, 0.29) is 5.91 Å². The highest BCUT2D eigenvalue weighted by atomic mass is 16.5. The second-order valence-electron chi connectivity index (χ2n) is 5.50. The largest absolute Gasteiger partial charge is 0.356 e. The van der Waals surface area contributed by atoms with Crippen LogP contribution in [-0.2, 0) is 10.2 Å². The number of hydrogen-bond acceptors (Lipinski definition) is 3. The van der Waals surface area contributed by atoms with Crippen LogP contribution >= 0.6 is 0 Å². The van der Waals surface area contributed by atoms with Crippen molar-refractivity contribution < 1.29 is 9.32 Å². The number of amides is 1. The Hall–Kier alpha value is -2.10. The molecule has 3 rings (SSSR count). The normalized spacial score (nSPS) is 15.7. The molecule has 0 unspecified atom stereocenters. The lowest BCUT2D eigenvalue weighted by Crippen LogP contribution is -2.39. The van der Waals surface area contributed by atoms with Gasteiger partial charge in [-0.05, 0) is 26.7 Å². The van der Waals surface area contributed by atoms with Gasteiger partial charge < -0.3 is 9.42 Å². The van der Waals surface area contributed by atoms with Gasteiger partial charge in [-0.25, -0.2) is 0 Å². The van der Waals surface area contributed by atoms with Crippen molar-refractivity contribution in [3.05, 3.63) is 42.1 Å². The molecule has 1 fully saturated rings. The van der Waals surface area contributed by atoms with Gasteiger partial charge in [0.05, 0.1) is 11.1 Å². The molecule has 1 aromatic carbocycles. The van der Waals surface area contributed by atoms with Gasteiger partial charge in [0.1, 0.15) is 0 Å². The third-order valence-corrected chi connectivity index (χ3v) is 4.27. The van der Waals surface area contributed by atoms with Crippen molar-refractivity contribution in [2.45, 2.75) is 32.1 Å². The quantitative estimate of drug-likeness (QED) is 0.846. The Morgan fingerprint density at radius 2 is 1.90 bits per heavy atom. The summed E-state index contributed by atoms with van der Waals surface area (Å²) < 4.78 is 5.45. The summed E-state index contributed by atoms with van der Waals surface area (Å²) in [6.07, 6.45) is 1.73. The first-order valence-corrected chi connectivity index (χ1v) is 7.53. The fourth-order valence-corrected chi connectivity index (χ4v) is 2.76. The Bertz CT molecular complexity index is 625. The van der Waals surface area contributed by atoms with Crippen LogP contribution in [0.1, 0.15) is 32.4 Å². The molecule has 0 N–H and O–H groups in total. The molecule has 0 radical (unpaired) electrons. The van der Waals surface area contributed by atoms with Crippen molar-refractivity contribution >= 4 is 5.91 Å². The Morgan fingerprint density at radius 1 is 1.24 bits per heavy atom. The van der Waals surface area contributed by atoms with E-state index in [1.807, 2.05) is 55.1 Å². The molecule has 0 bridgehead atoms. The minimum atomic E-state index is -0.442. The first kappa shape index (κ1) is 13.9. The van der Waals surface area contributed by atoms with E-state index in [1.165, 1.54) is 0 Å². The van der Waals surface area contributed by atoms with Gasteiger partial charge in [-0.3, -0.25) is 4.79 Å². The maximum absolute atomic E-state index is 12.7. The summed E-state index contributed by atoms with van der Waals surface area (Å²) >= 11 is 0. The molecule has 0 aliphatic heterocycles. The van der Waals surface area contributed by atoms with Gasteiger partial charge in [-0.1, -0.05) is 35.5 Å². The zero-order chi connectivity index (χ0) is 14.9. The monoisotopic (exact) mass is 284 g/mol. The molecule has 1 heterocycles. The average molecular weight is 284 g/mol. The molecule has 0 atom stereocenters. The van der Waals surface area contributed by atoms with Gasteiger partial charge in [0.25, 0.3) is 0 Å². The van der Waals surface area contributed by atoms with Crippen LogP contribution in [0.15, 0.2) is 40.9 Å². The summed E-state index contributed by atoms with van der Waals surface area (Å²) in [7, 11) is 0. The predicted molar refractivity (Wildman–Crippen MR) is 80.8 cm³/mol. The highest BCUT2D eigenvalue weighted by molar-refractivity contribution is 5.91. The van der Waals surface area contributed by atoms with Crippen LogP contribution in [-0.4, -0.2) is 29.1 Å². The molecular formula is C17H20N2O2. The van der Waals surface area contributed by atoms with E-state index in [2.05, 4.69) is 5.16 Å². The number of carbonyl (C=O) groups excluding carboxylic acids is 1. The lowest BCUT2D eigenvalue weighted by Gasteiger charge is -2.23. The number of benzene rings is 1. The van der Waals surface area contributed by atoms with Gasteiger partial charge in [-0.2, -0.15) is 0 Å². The third-order valence-electron chi connectivity index (χ3n) is 4.27. The van der Waals surface area contributed by atoms with Crippen molar-refractivity contribution in [3.63, 3.8) is 0 Å². The third kappa shape index (κ3) is 2.35. The number of likely N-dealkylation sites (N-methyl/N-ethyl adjacent to an activating group) is 1. The number of carbonyl (C=O) groups is 1. The number of aromatic nitrogens is 1. The van der Waals surface area contributed by atoms with Crippen LogP contribution in [0.3, 0.4) is 0 Å².